The van der Waals surface area contributed by atoms with Gasteiger partial charge in [0.2, 0.25) is 0 Å². The van der Waals surface area contributed by atoms with Crippen LogP contribution in [0.4, 0.5) is 5.82 Å². The summed E-state index contributed by atoms with van der Waals surface area (Å²) in [6.07, 6.45) is 9.33. The minimum atomic E-state index is 0.818. The summed E-state index contributed by atoms with van der Waals surface area (Å²) >= 11 is 0. The van der Waals surface area contributed by atoms with Crippen LogP contribution in [0.15, 0.2) is 48.9 Å². The summed E-state index contributed by atoms with van der Waals surface area (Å²) in [5.41, 5.74) is 7.59. The summed E-state index contributed by atoms with van der Waals surface area (Å²) in [6, 6.07) is 10.3. The first-order valence-electron chi connectivity index (χ1n) is 10.8. The van der Waals surface area contributed by atoms with Crippen LogP contribution in [0.3, 0.4) is 0 Å². The summed E-state index contributed by atoms with van der Waals surface area (Å²) in [4.78, 5) is 19.9. The highest BCUT2D eigenvalue weighted by Crippen LogP contribution is 2.33. The van der Waals surface area contributed by atoms with Crippen LogP contribution in [-0.2, 0) is 0 Å². The second-order valence-electron chi connectivity index (χ2n) is 8.24. The highest BCUT2D eigenvalue weighted by Gasteiger charge is 2.19. The molecule has 7 heteroatoms. The largest absolute Gasteiger partial charge is 0.356 e. The molecule has 0 radical (unpaired) electrons. The van der Waals surface area contributed by atoms with Gasteiger partial charge in [0.15, 0.2) is 0 Å². The number of aromatic nitrogens is 6. The first-order chi connectivity index (χ1) is 15.3. The number of hydrogen-bond acceptors (Lipinski definition) is 5. The minimum absolute atomic E-state index is 0.818. The lowest BCUT2D eigenvalue weighted by molar-refractivity contribution is 0.575. The summed E-state index contributed by atoms with van der Waals surface area (Å²) < 4.78 is 0. The fourth-order valence-corrected chi connectivity index (χ4v) is 4.47. The Labute approximate surface area is 179 Å². The number of hydrogen-bond donors (Lipinski definition) is 2. The molecule has 6 heterocycles. The molecule has 5 aromatic heterocycles. The Hall–Kier alpha value is -3.74. The van der Waals surface area contributed by atoms with Crippen molar-refractivity contribution in [3.63, 3.8) is 0 Å². The zero-order valence-corrected chi connectivity index (χ0v) is 17.4. The molecule has 0 unspecified atom stereocenters. The van der Waals surface area contributed by atoms with Crippen LogP contribution in [0.5, 0.6) is 0 Å². The van der Waals surface area contributed by atoms with Crippen molar-refractivity contribution in [2.45, 2.75) is 26.2 Å². The second kappa shape index (κ2) is 7.19. The predicted octanol–water partition coefficient (Wildman–Crippen LogP) is 4.86. The van der Waals surface area contributed by atoms with E-state index in [-0.39, 0.29) is 0 Å². The zero-order chi connectivity index (χ0) is 20.8. The molecule has 2 N–H and O–H groups in total. The van der Waals surface area contributed by atoms with Gasteiger partial charge in [0.25, 0.3) is 0 Å². The fourth-order valence-electron chi connectivity index (χ4n) is 4.47. The molecule has 1 saturated heterocycles. The number of nitrogens with one attached hydrogen (secondary N) is 2. The van der Waals surface area contributed by atoms with E-state index in [9.17, 15) is 0 Å². The van der Waals surface area contributed by atoms with Crippen molar-refractivity contribution < 1.29 is 0 Å². The van der Waals surface area contributed by atoms with Gasteiger partial charge in [-0.05, 0) is 62.1 Å². The molecule has 7 nitrogen and oxygen atoms in total. The van der Waals surface area contributed by atoms with Gasteiger partial charge < -0.3 is 9.88 Å². The van der Waals surface area contributed by atoms with E-state index in [4.69, 9.17) is 9.97 Å². The van der Waals surface area contributed by atoms with Gasteiger partial charge in [-0.3, -0.25) is 10.1 Å². The van der Waals surface area contributed by atoms with Crippen molar-refractivity contribution in [3.8, 4) is 22.6 Å². The van der Waals surface area contributed by atoms with E-state index in [1.165, 1.54) is 19.3 Å². The topological polar surface area (TPSA) is 86.4 Å². The third-order valence-electron chi connectivity index (χ3n) is 6.02. The molecule has 1 aliphatic rings. The molecule has 1 aliphatic heterocycles. The second-order valence-corrected chi connectivity index (χ2v) is 8.24. The highest BCUT2D eigenvalue weighted by molar-refractivity contribution is 5.98. The van der Waals surface area contributed by atoms with Crippen LogP contribution in [0.1, 0.15) is 24.8 Å². The van der Waals surface area contributed by atoms with Crippen molar-refractivity contribution in [2.75, 3.05) is 18.0 Å². The quantitative estimate of drug-likeness (QED) is 0.444. The van der Waals surface area contributed by atoms with Gasteiger partial charge in [-0.1, -0.05) is 0 Å². The molecule has 0 aliphatic carbocycles. The first kappa shape index (κ1) is 18.1. The van der Waals surface area contributed by atoms with E-state index in [0.29, 0.717) is 0 Å². The third-order valence-corrected chi connectivity index (χ3v) is 6.02. The first-order valence-corrected chi connectivity index (χ1v) is 10.8. The van der Waals surface area contributed by atoms with Crippen molar-refractivity contribution in [1.82, 2.24) is 30.1 Å². The van der Waals surface area contributed by atoms with E-state index in [1.807, 2.05) is 43.7 Å². The van der Waals surface area contributed by atoms with Gasteiger partial charge in [0, 0.05) is 42.6 Å². The van der Waals surface area contributed by atoms with E-state index in [0.717, 1.165) is 69.1 Å². The molecule has 0 saturated carbocycles. The zero-order valence-electron chi connectivity index (χ0n) is 17.4. The number of pyridine rings is 3. The molecule has 5 aromatic rings. The molecule has 0 bridgehead atoms. The number of anilines is 1. The maximum atomic E-state index is 4.93. The third kappa shape index (κ3) is 3.13. The summed E-state index contributed by atoms with van der Waals surface area (Å²) in [6.45, 7) is 4.16. The fraction of sp³-hybridized carbons (Fsp3) is 0.250. The van der Waals surface area contributed by atoms with Crippen LogP contribution in [-0.4, -0.2) is 43.2 Å². The Morgan fingerprint density at radius 1 is 0.968 bits per heavy atom. The maximum absolute atomic E-state index is 4.93. The Kier molecular flexibility index (Phi) is 4.19. The number of aryl methyl sites for hydroxylation is 1. The van der Waals surface area contributed by atoms with Gasteiger partial charge in [-0.15, -0.1) is 0 Å². The van der Waals surface area contributed by atoms with Crippen molar-refractivity contribution in [3.05, 3.63) is 54.5 Å². The molecule has 154 valence electrons. The van der Waals surface area contributed by atoms with Gasteiger partial charge in [-0.2, -0.15) is 5.10 Å². The molecular formula is C24H23N7. The Bertz CT molecular complexity index is 1390. The van der Waals surface area contributed by atoms with E-state index >= 15 is 0 Å². The molecule has 0 atom stereocenters. The Morgan fingerprint density at radius 2 is 1.87 bits per heavy atom. The number of H-pyrrole nitrogens is 2. The van der Waals surface area contributed by atoms with Crippen LogP contribution in [0.25, 0.3) is 44.6 Å². The summed E-state index contributed by atoms with van der Waals surface area (Å²) in [5, 5.41) is 8.85. The minimum Gasteiger partial charge on any atom is -0.356 e. The summed E-state index contributed by atoms with van der Waals surface area (Å²) in [7, 11) is 0. The highest BCUT2D eigenvalue weighted by atomic mass is 15.2. The maximum Gasteiger partial charge on any atom is 0.137 e. The lowest BCUT2D eigenvalue weighted by Gasteiger charge is -2.28. The van der Waals surface area contributed by atoms with Crippen LogP contribution in [0, 0.1) is 6.92 Å². The molecule has 0 amide bonds. The van der Waals surface area contributed by atoms with Crippen LogP contribution < -0.4 is 4.90 Å². The molecule has 1 fully saturated rings. The smallest absolute Gasteiger partial charge is 0.137 e. The molecule has 31 heavy (non-hydrogen) atoms. The van der Waals surface area contributed by atoms with Gasteiger partial charge in [0.05, 0.1) is 22.4 Å². The lowest BCUT2D eigenvalue weighted by Crippen LogP contribution is -2.30. The Balaban J connectivity index is 1.46. The number of piperidine rings is 1. The van der Waals surface area contributed by atoms with Gasteiger partial charge in [0.1, 0.15) is 17.0 Å². The SMILES string of the molecule is Cc1cncc(-c2ccc3[nH]nc(-c4cc5c(N6CCCCC6)nccc5[nH]4)c3n2)c1. The normalized spacial score (nSPS) is 14.5. The van der Waals surface area contributed by atoms with E-state index < -0.39 is 0 Å². The van der Waals surface area contributed by atoms with Crippen LogP contribution in [0.2, 0.25) is 0 Å². The lowest BCUT2D eigenvalue weighted by atomic mass is 10.1. The average Bonchev–Trinajstić information content (AvgIpc) is 3.43. The number of rotatable bonds is 3. The van der Waals surface area contributed by atoms with E-state index in [2.05, 4.69) is 37.2 Å². The standard InChI is InChI=1S/C24H23N7/c1-15-11-16(14-25-13-15)18-5-6-20-22(28-18)23(30-29-20)21-12-17-19(27-21)7-8-26-24(17)31-9-3-2-4-10-31/h5-8,11-14,27H,2-4,9-10H2,1H3,(H,29,30). The van der Waals surface area contributed by atoms with Gasteiger partial charge >= 0.3 is 0 Å². The number of fused-ring (bicyclic) bond motifs is 2. The molecular weight excluding hydrogens is 386 g/mol. The Morgan fingerprint density at radius 3 is 2.74 bits per heavy atom. The predicted molar refractivity (Wildman–Crippen MR) is 123 cm³/mol. The molecule has 0 aromatic carbocycles. The van der Waals surface area contributed by atoms with Crippen LogP contribution >= 0.6 is 0 Å². The number of aromatic amines is 2. The van der Waals surface area contributed by atoms with E-state index in [1.54, 1.807) is 0 Å². The van der Waals surface area contributed by atoms with Crippen molar-refractivity contribution in [2.24, 2.45) is 0 Å². The van der Waals surface area contributed by atoms with Crippen molar-refractivity contribution in [1.29, 1.82) is 0 Å². The molecule has 0 spiro atoms. The summed E-state index contributed by atoms with van der Waals surface area (Å²) in [5.74, 6) is 1.05. The molecule has 6 rings (SSSR count). The number of nitrogens with zero attached hydrogens (tertiary/aromatic N) is 5. The average molecular weight is 409 g/mol. The monoisotopic (exact) mass is 409 g/mol. The van der Waals surface area contributed by atoms with Crippen molar-refractivity contribution >= 4 is 27.8 Å². The van der Waals surface area contributed by atoms with Gasteiger partial charge in [-0.25, -0.2) is 9.97 Å².